The zero-order valence-corrected chi connectivity index (χ0v) is 12.8. The molecule has 10 heteroatoms. The van der Waals surface area contributed by atoms with Crippen molar-refractivity contribution in [1.29, 1.82) is 0 Å². The molecule has 0 atom stereocenters. The highest BCUT2D eigenvalue weighted by molar-refractivity contribution is 6.18. The number of halogens is 3. The number of esters is 1. The summed E-state index contributed by atoms with van der Waals surface area (Å²) < 4.78 is 46.2. The van der Waals surface area contributed by atoms with Gasteiger partial charge in [0.2, 0.25) is 0 Å². The summed E-state index contributed by atoms with van der Waals surface area (Å²) >= 11 is 0. The Labute approximate surface area is 139 Å². The predicted molar refractivity (Wildman–Crippen MR) is 79.5 cm³/mol. The fourth-order valence-electron chi connectivity index (χ4n) is 2.06. The number of primary amides is 1. The lowest BCUT2D eigenvalue weighted by Crippen LogP contribution is -2.48. The Kier molecular flexibility index (Phi) is 4.82. The second kappa shape index (κ2) is 6.67. The number of benzene rings is 1. The van der Waals surface area contributed by atoms with Gasteiger partial charge in [-0.1, -0.05) is 0 Å². The molecular weight excluding hydrogens is 343 g/mol. The van der Waals surface area contributed by atoms with Crippen LogP contribution < -0.4 is 10.6 Å². The fraction of sp³-hybridized carbons (Fsp3) is 0.133. The van der Waals surface area contributed by atoms with Crippen LogP contribution in [0.1, 0.15) is 15.9 Å². The third kappa shape index (κ3) is 3.32. The molecule has 0 saturated heterocycles. The largest absolute Gasteiger partial charge is 0.465 e. The van der Waals surface area contributed by atoms with Crippen LogP contribution in [0.4, 0.5) is 23.8 Å². The zero-order valence-electron chi connectivity index (χ0n) is 12.8. The van der Waals surface area contributed by atoms with Crippen molar-refractivity contribution >= 4 is 23.7 Å². The molecule has 0 bridgehead atoms. The summed E-state index contributed by atoms with van der Waals surface area (Å²) in [6.07, 6.45) is 1.14. The normalized spacial score (nSPS) is 11.0. The quantitative estimate of drug-likeness (QED) is 0.820. The van der Waals surface area contributed by atoms with E-state index in [1.807, 2.05) is 0 Å². The number of nitrogens with two attached hydrogens (primary N) is 1. The monoisotopic (exact) mass is 355 g/mol. The summed E-state index contributed by atoms with van der Waals surface area (Å²) in [6.45, 7) is 0. The van der Waals surface area contributed by atoms with Gasteiger partial charge in [-0.3, -0.25) is 4.79 Å². The number of ether oxygens (including phenoxy) is 1. The zero-order chi connectivity index (χ0) is 18.8. The molecule has 0 aliphatic rings. The van der Waals surface area contributed by atoms with E-state index in [4.69, 9.17) is 5.73 Å². The number of rotatable bonds is 4. The van der Waals surface area contributed by atoms with Gasteiger partial charge < -0.3 is 15.5 Å². The Morgan fingerprint density at radius 3 is 2.28 bits per heavy atom. The van der Waals surface area contributed by atoms with Crippen molar-refractivity contribution < 1.29 is 32.3 Å². The highest BCUT2D eigenvalue weighted by atomic mass is 19.3. The molecule has 0 spiro atoms. The average molecular weight is 355 g/mol. The molecule has 2 rings (SSSR count). The molecule has 3 amide bonds. The number of anilines is 1. The number of imide groups is 1. The van der Waals surface area contributed by atoms with Crippen molar-refractivity contribution in [2.45, 2.75) is 5.92 Å². The first-order chi connectivity index (χ1) is 11.7. The minimum atomic E-state index is -4.21. The second-order valence-corrected chi connectivity index (χ2v) is 4.79. The maximum absolute atomic E-state index is 14.4. The molecule has 0 fully saturated rings. The van der Waals surface area contributed by atoms with Crippen molar-refractivity contribution in [1.82, 2.24) is 4.98 Å². The third-order valence-corrected chi connectivity index (χ3v) is 3.25. The first kappa shape index (κ1) is 18.0. The van der Waals surface area contributed by atoms with Crippen LogP contribution >= 0.6 is 0 Å². The van der Waals surface area contributed by atoms with E-state index < -0.39 is 41.0 Å². The van der Waals surface area contributed by atoms with Crippen molar-refractivity contribution in [3.05, 3.63) is 53.5 Å². The Balaban J connectivity index is 2.49. The fourth-order valence-corrected chi connectivity index (χ4v) is 2.06. The molecule has 0 aliphatic carbocycles. The van der Waals surface area contributed by atoms with Gasteiger partial charge in [0.1, 0.15) is 17.2 Å². The molecule has 0 aliphatic heterocycles. The lowest BCUT2D eigenvalue weighted by atomic mass is 10.1. The lowest BCUT2D eigenvalue weighted by molar-refractivity contribution is -0.143. The molecule has 25 heavy (non-hydrogen) atoms. The van der Waals surface area contributed by atoms with Crippen LogP contribution in [0.5, 0.6) is 0 Å². The summed E-state index contributed by atoms with van der Waals surface area (Å²) in [5.41, 5.74) is 3.85. The highest BCUT2D eigenvalue weighted by Gasteiger charge is 2.47. The average Bonchev–Trinajstić information content (AvgIpc) is 3.03. The number of nitrogens with zero attached hydrogens (tertiary/aromatic N) is 1. The third-order valence-electron chi connectivity index (χ3n) is 3.25. The summed E-state index contributed by atoms with van der Waals surface area (Å²) in [5.74, 6) is -8.54. The van der Waals surface area contributed by atoms with E-state index in [-0.39, 0.29) is 10.5 Å². The number of carbonyl (C=O) groups excluding carboxylic acids is 3. The lowest BCUT2D eigenvalue weighted by Gasteiger charge is -2.24. The van der Waals surface area contributed by atoms with Crippen LogP contribution in [0.3, 0.4) is 0 Å². The van der Waals surface area contributed by atoms with Crippen molar-refractivity contribution in [2.75, 3.05) is 12.0 Å². The van der Waals surface area contributed by atoms with Crippen LogP contribution in [0.2, 0.25) is 0 Å². The molecule has 0 radical (unpaired) electrons. The number of hydrogen-bond donors (Lipinski definition) is 2. The molecule has 7 nitrogen and oxygen atoms in total. The number of amides is 3. The number of carbonyl (C=O) groups is 3. The van der Waals surface area contributed by atoms with E-state index in [2.05, 4.69) is 9.72 Å². The standard InChI is InChI=1S/C15H12F3N3O4/c1-25-12(22)10-6-7-20-11(10)21(14(19)24)13(23)15(17,18)8-2-4-9(16)5-3-8/h2-7,20H,1H3,(H2,19,24). The van der Waals surface area contributed by atoms with E-state index >= 15 is 0 Å². The van der Waals surface area contributed by atoms with E-state index in [0.29, 0.717) is 12.1 Å². The van der Waals surface area contributed by atoms with Gasteiger partial charge in [0.15, 0.2) is 0 Å². The minimum absolute atomic E-state index is 0.0738. The van der Waals surface area contributed by atoms with Crippen molar-refractivity contribution in [2.24, 2.45) is 5.73 Å². The summed E-state index contributed by atoms with van der Waals surface area (Å²) in [7, 11) is 1.03. The van der Waals surface area contributed by atoms with Gasteiger partial charge >= 0.3 is 23.8 Å². The topological polar surface area (TPSA) is 105 Å². The first-order valence-corrected chi connectivity index (χ1v) is 6.73. The number of nitrogens with one attached hydrogen (secondary N) is 1. The van der Waals surface area contributed by atoms with E-state index in [9.17, 15) is 27.6 Å². The molecule has 3 N–H and O–H groups in total. The first-order valence-electron chi connectivity index (χ1n) is 6.73. The molecule has 1 aromatic carbocycles. The number of H-pyrrole nitrogens is 1. The highest BCUT2D eigenvalue weighted by Crippen LogP contribution is 2.33. The molecule has 1 aromatic heterocycles. The van der Waals surface area contributed by atoms with Crippen LogP contribution in [0, 0.1) is 5.82 Å². The molecule has 0 unspecified atom stereocenters. The number of urea groups is 1. The van der Waals surface area contributed by atoms with E-state index in [0.717, 1.165) is 31.5 Å². The maximum Gasteiger partial charge on any atom is 0.350 e. The van der Waals surface area contributed by atoms with Crippen LogP contribution in [-0.2, 0) is 15.5 Å². The SMILES string of the molecule is COC(=O)c1cc[nH]c1N(C(N)=O)C(=O)C(F)(F)c1ccc(F)cc1. The molecule has 2 aromatic rings. The number of aromatic amines is 1. The second-order valence-electron chi connectivity index (χ2n) is 4.79. The van der Waals surface area contributed by atoms with Gasteiger partial charge in [-0.05, 0) is 30.3 Å². The summed E-state index contributed by atoms with van der Waals surface area (Å²) in [6, 6.07) is 2.45. The van der Waals surface area contributed by atoms with Crippen LogP contribution in [0.15, 0.2) is 36.5 Å². The minimum Gasteiger partial charge on any atom is -0.465 e. The van der Waals surface area contributed by atoms with Crippen molar-refractivity contribution in [3.63, 3.8) is 0 Å². The Hall–Kier alpha value is -3.30. The van der Waals surface area contributed by atoms with E-state index in [1.54, 1.807) is 0 Å². The molecule has 1 heterocycles. The summed E-state index contributed by atoms with van der Waals surface area (Å²) in [5, 5.41) is 0. The van der Waals surface area contributed by atoms with Gasteiger partial charge in [-0.25, -0.2) is 18.9 Å². The van der Waals surface area contributed by atoms with Crippen LogP contribution in [0.25, 0.3) is 0 Å². The number of methoxy groups -OCH3 is 1. The Morgan fingerprint density at radius 1 is 1.16 bits per heavy atom. The summed E-state index contributed by atoms with van der Waals surface area (Å²) in [4.78, 5) is 37.8. The van der Waals surface area contributed by atoms with Gasteiger partial charge in [0.25, 0.3) is 0 Å². The number of alkyl halides is 2. The predicted octanol–water partition coefficient (Wildman–Crippen LogP) is 2.14. The molecule has 132 valence electrons. The Bertz CT molecular complexity index is 818. The van der Waals surface area contributed by atoms with Gasteiger partial charge in [-0.2, -0.15) is 8.78 Å². The number of hydrogen-bond acceptors (Lipinski definition) is 4. The maximum atomic E-state index is 14.4. The van der Waals surface area contributed by atoms with Crippen molar-refractivity contribution in [3.8, 4) is 0 Å². The number of aromatic nitrogens is 1. The molecule has 0 saturated carbocycles. The molecular formula is C15H12F3N3O4. The van der Waals surface area contributed by atoms with Gasteiger partial charge in [-0.15, -0.1) is 0 Å². The van der Waals surface area contributed by atoms with Gasteiger partial charge in [0, 0.05) is 11.8 Å². The smallest absolute Gasteiger partial charge is 0.350 e. The van der Waals surface area contributed by atoms with Crippen LogP contribution in [-0.4, -0.2) is 30.0 Å². The Morgan fingerprint density at radius 2 is 1.76 bits per heavy atom. The van der Waals surface area contributed by atoms with Gasteiger partial charge in [0.05, 0.1) is 7.11 Å². The van der Waals surface area contributed by atoms with E-state index in [1.165, 1.54) is 0 Å².